The normalized spacial score (nSPS) is 37.2. The number of piperidine rings is 2. The topological polar surface area (TPSA) is 44.8 Å². The van der Waals surface area contributed by atoms with Gasteiger partial charge >= 0.3 is 6.18 Å². The summed E-state index contributed by atoms with van der Waals surface area (Å²) in [6.07, 6.45) is -2.42. The second-order valence-corrected chi connectivity index (χ2v) is 7.13. The van der Waals surface area contributed by atoms with Crippen molar-refractivity contribution in [2.24, 2.45) is 0 Å². The molecule has 0 aromatic rings. The van der Waals surface area contributed by atoms with Gasteiger partial charge in [0, 0.05) is 31.6 Å². The minimum absolute atomic E-state index is 0.0153. The van der Waals surface area contributed by atoms with Gasteiger partial charge < -0.3 is 10.1 Å². The molecule has 5 nitrogen and oxygen atoms in total. The van der Waals surface area contributed by atoms with Crippen LogP contribution in [0.2, 0.25) is 0 Å². The van der Waals surface area contributed by atoms with Gasteiger partial charge in [-0.2, -0.15) is 13.2 Å². The highest BCUT2D eigenvalue weighted by molar-refractivity contribution is 5.77. The highest BCUT2D eigenvalue weighted by Gasteiger charge is 2.48. The highest BCUT2D eigenvalue weighted by Crippen LogP contribution is 2.34. The molecule has 0 saturated carbocycles. The number of carbonyl (C=O) groups excluding carboxylic acids is 1. The Labute approximate surface area is 140 Å². The molecule has 3 heterocycles. The van der Waals surface area contributed by atoms with Crippen molar-refractivity contribution >= 4 is 5.91 Å². The lowest BCUT2D eigenvalue weighted by molar-refractivity contribution is -0.202. The summed E-state index contributed by atoms with van der Waals surface area (Å²) in [6, 6.07) is -1.27. The molecule has 0 aliphatic carbocycles. The van der Waals surface area contributed by atoms with Crippen LogP contribution < -0.4 is 5.32 Å². The van der Waals surface area contributed by atoms with Crippen LogP contribution in [-0.4, -0.2) is 72.5 Å². The van der Waals surface area contributed by atoms with E-state index in [4.69, 9.17) is 4.74 Å². The van der Waals surface area contributed by atoms with E-state index < -0.39 is 18.4 Å². The molecular weight excluding hydrogens is 323 g/mol. The van der Waals surface area contributed by atoms with Crippen molar-refractivity contribution in [2.75, 3.05) is 26.3 Å². The minimum Gasteiger partial charge on any atom is -0.379 e. The first-order valence-electron chi connectivity index (χ1n) is 8.81. The summed E-state index contributed by atoms with van der Waals surface area (Å²) in [6.45, 7) is 4.38. The Bertz CT molecular complexity index is 460. The number of rotatable bonds is 2. The molecule has 3 aliphatic rings. The molecule has 3 saturated heterocycles. The first-order chi connectivity index (χ1) is 11.4. The average Bonchev–Trinajstić information content (AvgIpc) is 2.54. The van der Waals surface area contributed by atoms with Gasteiger partial charge in [-0.1, -0.05) is 6.42 Å². The Kier molecular flexibility index (Phi) is 5.36. The minimum atomic E-state index is -4.25. The number of ether oxygens (including phenoxy) is 1. The molecule has 24 heavy (non-hydrogen) atoms. The Morgan fingerprint density at radius 3 is 2.71 bits per heavy atom. The summed E-state index contributed by atoms with van der Waals surface area (Å²) >= 11 is 0. The number of morpholine rings is 1. The largest absolute Gasteiger partial charge is 0.404 e. The Hall–Kier alpha value is -0.860. The monoisotopic (exact) mass is 349 g/mol. The molecule has 0 bridgehead atoms. The smallest absolute Gasteiger partial charge is 0.379 e. The van der Waals surface area contributed by atoms with E-state index in [-0.39, 0.29) is 24.4 Å². The molecule has 1 amide bonds. The Morgan fingerprint density at radius 1 is 1.21 bits per heavy atom. The lowest BCUT2D eigenvalue weighted by atomic mass is 9.94. The zero-order valence-electron chi connectivity index (χ0n) is 14.0. The number of hydrogen-bond donors (Lipinski definition) is 1. The number of halogens is 3. The van der Waals surface area contributed by atoms with E-state index in [9.17, 15) is 18.0 Å². The first kappa shape index (κ1) is 17.9. The summed E-state index contributed by atoms with van der Waals surface area (Å²) in [4.78, 5) is 15.9. The predicted molar refractivity (Wildman–Crippen MR) is 82.3 cm³/mol. The fraction of sp³-hybridized carbons (Fsp3) is 0.938. The fourth-order valence-corrected chi connectivity index (χ4v) is 4.29. The standard InChI is InChI=1S/C16H26F3N3O2/c1-11-10-24-7-6-21(11)12-8-14(20-15(23)9-12)22-5-3-2-4-13(22)16(17,18)19/h11-14H,2-10H2,1H3,(H,20,23)/t11-,12?,13?,14?/m1/s1. The number of likely N-dealkylation sites (tertiary alicyclic amines) is 1. The van der Waals surface area contributed by atoms with Crippen molar-refractivity contribution in [3.05, 3.63) is 0 Å². The first-order valence-corrected chi connectivity index (χ1v) is 8.81. The number of alkyl halides is 3. The van der Waals surface area contributed by atoms with Crippen molar-refractivity contribution in [1.29, 1.82) is 0 Å². The molecule has 0 radical (unpaired) electrons. The molecule has 1 N–H and O–H groups in total. The molecule has 0 aromatic heterocycles. The third-order valence-corrected chi connectivity index (χ3v) is 5.45. The molecule has 138 valence electrons. The molecule has 0 spiro atoms. The lowest BCUT2D eigenvalue weighted by Gasteiger charge is -2.48. The number of nitrogens with one attached hydrogen (secondary N) is 1. The molecule has 3 fully saturated rings. The van der Waals surface area contributed by atoms with Gasteiger partial charge in [0.2, 0.25) is 5.91 Å². The van der Waals surface area contributed by atoms with Crippen LogP contribution in [0.3, 0.4) is 0 Å². The van der Waals surface area contributed by atoms with Crippen LogP contribution in [0.25, 0.3) is 0 Å². The van der Waals surface area contributed by atoms with Gasteiger partial charge in [-0.3, -0.25) is 14.6 Å². The van der Waals surface area contributed by atoms with Crippen molar-refractivity contribution in [3.63, 3.8) is 0 Å². The molecular formula is C16H26F3N3O2. The van der Waals surface area contributed by atoms with E-state index in [1.165, 1.54) is 4.90 Å². The zero-order chi connectivity index (χ0) is 17.3. The van der Waals surface area contributed by atoms with Crippen LogP contribution in [0.15, 0.2) is 0 Å². The van der Waals surface area contributed by atoms with Crippen LogP contribution >= 0.6 is 0 Å². The summed E-state index contributed by atoms with van der Waals surface area (Å²) in [5.41, 5.74) is 0. The number of hydrogen-bond acceptors (Lipinski definition) is 4. The average molecular weight is 349 g/mol. The van der Waals surface area contributed by atoms with E-state index in [1.807, 2.05) is 6.92 Å². The Balaban J connectivity index is 1.73. The highest BCUT2D eigenvalue weighted by atomic mass is 19.4. The summed E-state index contributed by atoms with van der Waals surface area (Å²) in [5.74, 6) is -0.151. The second-order valence-electron chi connectivity index (χ2n) is 7.13. The van der Waals surface area contributed by atoms with Crippen LogP contribution in [-0.2, 0) is 9.53 Å². The van der Waals surface area contributed by atoms with Crippen molar-refractivity contribution < 1.29 is 22.7 Å². The number of nitrogens with zero attached hydrogens (tertiary/aromatic N) is 2. The van der Waals surface area contributed by atoms with Crippen molar-refractivity contribution in [3.8, 4) is 0 Å². The van der Waals surface area contributed by atoms with E-state index in [1.54, 1.807) is 0 Å². The van der Waals surface area contributed by atoms with Crippen LogP contribution in [0.4, 0.5) is 13.2 Å². The third-order valence-electron chi connectivity index (χ3n) is 5.45. The maximum Gasteiger partial charge on any atom is 0.404 e. The SMILES string of the molecule is C[C@@H]1COCCN1C1CC(=O)NC(N2CCCCC2C(F)(F)F)C1. The van der Waals surface area contributed by atoms with Crippen molar-refractivity contribution in [1.82, 2.24) is 15.1 Å². The second kappa shape index (κ2) is 7.17. The molecule has 3 rings (SSSR count). The lowest BCUT2D eigenvalue weighted by Crippen LogP contribution is -2.64. The fourth-order valence-electron chi connectivity index (χ4n) is 4.29. The molecule has 4 atom stereocenters. The van der Waals surface area contributed by atoms with Gasteiger partial charge in [0.05, 0.1) is 19.4 Å². The molecule has 3 aliphatic heterocycles. The molecule has 3 unspecified atom stereocenters. The number of carbonyl (C=O) groups is 1. The summed E-state index contributed by atoms with van der Waals surface area (Å²) < 4.78 is 45.6. The number of amides is 1. The van der Waals surface area contributed by atoms with E-state index in [0.717, 1.165) is 13.0 Å². The van der Waals surface area contributed by atoms with Gasteiger partial charge in [-0.25, -0.2) is 0 Å². The van der Waals surface area contributed by atoms with Crippen molar-refractivity contribution in [2.45, 2.75) is 69.5 Å². The van der Waals surface area contributed by atoms with Gasteiger partial charge in [0.15, 0.2) is 0 Å². The van der Waals surface area contributed by atoms with Gasteiger partial charge in [-0.05, 0) is 26.2 Å². The predicted octanol–water partition coefficient (Wildman–Crippen LogP) is 1.73. The van der Waals surface area contributed by atoms with Gasteiger partial charge in [0.25, 0.3) is 0 Å². The Morgan fingerprint density at radius 2 is 2.00 bits per heavy atom. The quantitative estimate of drug-likeness (QED) is 0.825. The van der Waals surface area contributed by atoms with Gasteiger partial charge in [0.1, 0.15) is 6.04 Å². The molecule has 8 heteroatoms. The van der Waals surface area contributed by atoms with E-state index in [2.05, 4.69) is 10.2 Å². The van der Waals surface area contributed by atoms with Gasteiger partial charge in [-0.15, -0.1) is 0 Å². The maximum absolute atomic E-state index is 13.4. The maximum atomic E-state index is 13.4. The van der Waals surface area contributed by atoms with E-state index >= 15 is 0 Å². The third kappa shape index (κ3) is 3.86. The molecule has 0 aromatic carbocycles. The summed E-state index contributed by atoms with van der Waals surface area (Å²) in [5, 5.41) is 2.80. The zero-order valence-corrected chi connectivity index (χ0v) is 14.0. The summed E-state index contributed by atoms with van der Waals surface area (Å²) in [7, 11) is 0. The van der Waals surface area contributed by atoms with E-state index in [0.29, 0.717) is 39.0 Å². The van der Waals surface area contributed by atoms with Crippen LogP contribution in [0, 0.1) is 0 Å². The van der Waals surface area contributed by atoms with Crippen LogP contribution in [0.1, 0.15) is 39.0 Å². The van der Waals surface area contributed by atoms with Crippen LogP contribution in [0.5, 0.6) is 0 Å².